The molecule has 0 aliphatic heterocycles. The molecule has 0 saturated heterocycles. The van der Waals surface area contributed by atoms with Crippen molar-refractivity contribution in [3.63, 3.8) is 0 Å². The Morgan fingerprint density at radius 3 is 2.50 bits per heavy atom. The molecule has 0 aliphatic rings. The van der Waals surface area contributed by atoms with Crippen molar-refractivity contribution in [2.45, 2.75) is 17.9 Å². The SMILES string of the molecule is C[C@H](NCC(=O)Nc1cccc(S(=O)(=O)N(C)C)c1)c1ccccc1Cl. The minimum Gasteiger partial charge on any atom is -0.325 e. The van der Waals surface area contributed by atoms with E-state index in [1.165, 1.54) is 26.2 Å². The fourth-order valence-corrected chi connectivity index (χ4v) is 3.58. The number of nitrogens with one attached hydrogen (secondary N) is 2. The maximum Gasteiger partial charge on any atom is 0.242 e. The van der Waals surface area contributed by atoms with E-state index in [0.29, 0.717) is 10.7 Å². The number of benzene rings is 2. The van der Waals surface area contributed by atoms with Gasteiger partial charge >= 0.3 is 0 Å². The van der Waals surface area contributed by atoms with E-state index in [0.717, 1.165) is 9.87 Å². The maximum absolute atomic E-state index is 12.2. The highest BCUT2D eigenvalue weighted by Crippen LogP contribution is 2.22. The first-order valence-corrected chi connectivity index (χ1v) is 9.84. The summed E-state index contributed by atoms with van der Waals surface area (Å²) in [6.45, 7) is 1.98. The van der Waals surface area contributed by atoms with E-state index >= 15 is 0 Å². The quantitative estimate of drug-likeness (QED) is 0.755. The van der Waals surface area contributed by atoms with Crippen LogP contribution in [0.15, 0.2) is 53.4 Å². The van der Waals surface area contributed by atoms with Crippen molar-refractivity contribution >= 4 is 33.2 Å². The molecular formula is C18H22ClN3O3S. The fraction of sp³-hybridized carbons (Fsp3) is 0.278. The lowest BCUT2D eigenvalue weighted by Crippen LogP contribution is -2.30. The number of carbonyl (C=O) groups excluding carboxylic acids is 1. The zero-order chi connectivity index (χ0) is 19.3. The molecule has 0 aliphatic carbocycles. The lowest BCUT2D eigenvalue weighted by Gasteiger charge is -2.16. The third-order valence-electron chi connectivity index (χ3n) is 3.84. The topological polar surface area (TPSA) is 78.5 Å². The van der Waals surface area contributed by atoms with Crippen LogP contribution in [0, 0.1) is 0 Å². The number of rotatable bonds is 7. The van der Waals surface area contributed by atoms with Gasteiger partial charge in [-0.25, -0.2) is 12.7 Å². The Hall–Kier alpha value is -1.93. The second kappa shape index (κ2) is 8.64. The fourth-order valence-electron chi connectivity index (χ4n) is 2.33. The van der Waals surface area contributed by atoms with E-state index in [4.69, 9.17) is 11.6 Å². The number of anilines is 1. The summed E-state index contributed by atoms with van der Waals surface area (Å²) in [6, 6.07) is 13.5. The van der Waals surface area contributed by atoms with Gasteiger partial charge < -0.3 is 10.6 Å². The second-order valence-electron chi connectivity index (χ2n) is 5.99. The van der Waals surface area contributed by atoms with Crippen LogP contribution in [-0.4, -0.2) is 39.3 Å². The molecular weight excluding hydrogens is 374 g/mol. The monoisotopic (exact) mass is 395 g/mol. The lowest BCUT2D eigenvalue weighted by atomic mass is 10.1. The average molecular weight is 396 g/mol. The molecule has 1 atom stereocenters. The molecule has 2 N–H and O–H groups in total. The molecule has 6 nitrogen and oxygen atoms in total. The van der Waals surface area contributed by atoms with Crippen molar-refractivity contribution in [1.82, 2.24) is 9.62 Å². The van der Waals surface area contributed by atoms with Gasteiger partial charge in [0.15, 0.2) is 0 Å². The Morgan fingerprint density at radius 2 is 1.85 bits per heavy atom. The van der Waals surface area contributed by atoms with Crippen molar-refractivity contribution in [1.29, 1.82) is 0 Å². The van der Waals surface area contributed by atoms with Crippen LogP contribution in [-0.2, 0) is 14.8 Å². The van der Waals surface area contributed by atoms with E-state index in [1.807, 2.05) is 25.1 Å². The van der Waals surface area contributed by atoms with Crippen LogP contribution in [0.25, 0.3) is 0 Å². The first-order valence-electron chi connectivity index (χ1n) is 8.02. The minimum atomic E-state index is -3.55. The number of hydrogen-bond acceptors (Lipinski definition) is 4. The molecule has 0 radical (unpaired) electrons. The van der Waals surface area contributed by atoms with Gasteiger partial charge in [0, 0.05) is 30.8 Å². The summed E-state index contributed by atoms with van der Waals surface area (Å²) in [4.78, 5) is 12.3. The largest absolute Gasteiger partial charge is 0.325 e. The van der Waals surface area contributed by atoms with E-state index < -0.39 is 10.0 Å². The molecule has 0 fully saturated rings. The van der Waals surface area contributed by atoms with Crippen molar-refractivity contribution in [3.8, 4) is 0 Å². The Labute approximate surface area is 159 Å². The lowest BCUT2D eigenvalue weighted by molar-refractivity contribution is -0.115. The molecule has 0 aromatic heterocycles. The molecule has 2 aromatic carbocycles. The average Bonchev–Trinajstić information content (AvgIpc) is 2.60. The van der Waals surface area contributed by atoms with Crippen molar-refractivity contribution in [2.75, 3.05) is 26.0 Å². The number of sulfonamides is 1. The summed E-state index contributed by atoms with van der Waals surface area (Å²) >= 11 is 6.15. The Kier molecular flexibility index (Phi) is 6.77. The van der Waals surface area contributed by atoms with Gasteiger partial charge in [-0.15, -0.1) is 0 Å². The van der Waals surface area contributed by atoms with Gasteiger partial charge in [0.1, 0.15) is 0 Å². The molecule has 8 heteroatoms. The third-order valence-corrected chi connectivity index (χ3v) is 5.99. The van der Waals surface area contributed by atoms with Gasteiger partial charge in [-0.1, -0.05) is 35.9 Å². The number of amides is 1. The highest BCUT2D eigenvalue weighted by atomic mass is 35.5. The van der Waals surface area contributed by atoms with Crippen LogP contribution < -0.4 is 10.6 Å². The van der Waals surface area contributed by atoms with E-state index in [2.05, 4.69) is 10.6 Å². The van der Waals surface area contributed by atoms with Crippen LogP contribution in [0.4, 0.5) is 5.69 Å². The zero-order valence-electron chi connectivity index (χ0n) is 14.9. The van der Waals surface area contributed by atoms with Gasteiger partial charge in [-0.3, -0.25) is 4.79 Å². The molecule has 0 spiro atoms. The van der Waals surface area contributed by atoms with E-state index in [1.54, 1.807) is 18.2 Å². The molecule has 140 valence electrons. The van der Waals surface area contributed by atoms with Gasteiger partial charge in [-0.2, -0.15) is 0 Å². The predicted molar refractivity (Wildman–Crippen MR) is 104 cm³/mol. The number of carbonyl (C=O) groups is 1. The second-order valence-corrected chi connectivity index (χ2v) is 8.55. The predicted octanol–water partition coefficient (Wildman–Crippen LogP) is 2.88. The summed E-state index contributed by atoms with van der Waals surface area (Å²) in [5, 5.41) is 6.43. The third kappa shape index (κ3) is 5.04. The number of halogens is 1. The van der Waals surface area contributed by atoms with Gasteiger partial charge in [-0.05, 0) is 36.8 Å². The normalized spacial score (nSPS) is 12.8. The van der Waals surface area contributed by atoms with Gasteiger partial charge in [0.2, 0.25) is 15.9 Å². The summed E-state index contributed by atoms with van der Waals surface area (Å²) in [5.74, 6) is -0.275. The van der Waals surface area contributed by atoms with Crippen molar-refractivity contribution in [3.05, 3.63) is 59.1 Å². The van der Waals surface area contributed by atoms with Crippen molar-refractivity contribution in [2.24, 2.45) is 0 Å². The van der Waals surface area contributed by atoms with Gasteiger partial charge in [0.05, 0.1) is 11.4 Å². The van der Waals surface area contributed by atoms with Crippen LogP contribution in [0.2, 0.25) is 5.02 Å². The molecule has 0 heterocycles. The summed E-state index contributed by atoms with van der Waals surface area (Å²) < 4.78 is 25.5. The van der Waals surface area contributed by atoms with Gasteiger partial charge in [0.25, 0.3) is 0 Å². The molecule has 1 amide bonds. The molecule has 26 heavy (non-hydrogen) atoms. The highest BCUT2D eigenvalue weighted by Gasteiger charge is 2.17. The smallest absolute Gasteiger partial charge is 0.242 e. The van der Waals surface area contributed by atoms with E-state index in [9.17, 15) is 13.2 Å². The van der Waals surface area contributed by atoms with Crippen LogP contribution in [0.5, 0.6) is 0 Å². The Morgan fingerprint density at radius 1 is 1.15 bits per heavy atom. The summed E-state index contributed by atoms with van der Waals surface area (Å²) in [7, 11) is -0.632. The standard InChI is InChI=1S/C18H22ClN3O3S/c1-13(16-9-4-5-10-17(16)19)20-12-18(23)21-14-7-6-8-15(11-14)26(24,25)22(2)3/h4-11,13,20H,12H2,1-3H3,(H,21,23)/t13-/m0/s1. The zero-order valence-corrected chi connectivity index (χ0v) is 16.4. The molecule has 0 unspecified atom stereocenters. The van der Waals surface area contributed by atoms with Crippen LogP contribution in [0.3, 0.4) is 0 Å². The molecule has 0 bridgehead atoms. The minimum absolute atomic E-state index is 0.0665. The first-order chi connectivity index (χ1) is 12.2. The Balaban J connectivity index is 1.99. The van der Waals surface area contributed by atoms with Crippen LogP contribution >= 0.6 is 11.6 Å². The molecule has 2 rings (SSSR count). The highest BCUT2D eigenvalue weighted by molar-refractivity contribution is 7.89. The molecule has 2 aromatic rings. The van der Waals surface area contributed by atoms with Crippen molar-refractivity contribution < 1.29 is 13.2 Å². The van der Waals surface area contributed by atoms with Crippen LogP contribution in [0.1, 0.15) is 18.5 Å². The summed E-state index contributed by atoms with van der Waals surface area (Å²) in [6.07, 6.45) is 0. The molecule has 0 saturated carbocycles. The number of hydrogen-bond donors (Lipinski definition) is 2. The maximum atomic E-state index is 12.2. The first kappa shape index (κ1) is 20.4. The number of nitrogens with zero attached hydrogens (tertiary/aromatic N) is 1. The van der Waals surface area contributed by atoms with E-state index in [-0.39, 0.29) is 23.4 Å². The Bertz CT molecular complexity index is 885. The summed E-state index contributed by atoms with van der Waals surface area (Å²) in [5.41, 5.74) is 1.33.